The molecule has 2 rings (SSSR count). The van der Waals surface area contributed by atoms with E-state index in [-0.39, 0.29) is 17.1 Å². The molecule has 17 heavy (non-hydrogen) atoms. The Labute approximate surface area is 97.5 Å². The molecule has 1 aromatic heterocycles. The average Bonchev–Trinajstić information content (AvgIpc) is 2.27. The van der Waals surface area contributed by atoms with E-state index in [2.05, 4.69) is 0 Å². The van der Waals surface area contributed by atoms with Crippen LogP contribution in [0.1, 0.15) is 35.9 Å². The first-order valence-corrected chi connectivity index (χ1v) is 5.30. The summed E-state index contributed by atoms with van der Waals surface area (Å²) in [7, 11) is 0. The summed E-state index contributed by atoms with van der Waals surface area (Å²) in [6, 6.07) is 6.25. The van der Waals surface area contributed by atoms with Crippen LogP contribution in [0.2, 0.25) is 0 Å². The molecule has 0 bridgehead atoms. The molecule has 0 unspecified atom stereocenters. The number of aromatic carboxylic acids is 1. The van der Waals surface area contributed by atoms with Crippen LogP contribution in [0.5, 0.6) is 0 Å². The van der Waals surface area contributed by atoms with Crippen molar-refractivity contribution in [2.24, 2.45) is 0 Å². The van der Waals surface area contributed by atoms with E-state index < -0.39 is 5.97 Å². The lowest BCUT2D eigenvalue weighted by atomic mass is 10.0. The summed E-state index contributed by atoms with van der Waals surface area (Å²) in [6.07, 6.45) is 0. The van der Waals surface area contributed by atoms with Crippen molar-refractivity contribution in [2.45, 2.75) is 19.8 Å². The van der Waals surface area contributed by atoms with Crippen molar-refractivity contribution < 1.29 is 14.3 Å². The topological polar surface area (TPSA) is 67.5 Å². The van der Waals surface area contributed by atoms with Gasteiger partial charge in [-0.05, 0) is 17.5 Å². The zero-order chi connectivity index (χ0) is 12.6. The second-order valence-corrected chi connectivity index (χ2v) is 4.16. The minimum atomic E-state index is -1.23. The van der Waals surface area contributed by atoms with E-state index in [0.29, 0.717) is 11.0 Å². The molecule has 0 saturated carbocycles. The van der Waals surface area contributed by atoms with E-state index in [0.717, 1.165) is 11.6 Å². The predicted octanol–water partition coefficient (Wildman–Crippen LogP) is 2.61. The highest BCUT2D eigenvalue weighted by Crippen LogP contribution is 2.24. The molecule has 0 fully saturated rings. The van der Waals surface area contributed by atoms with Gasteiger partial charge in [0.25, 0.3) is 0 Å². The Kier molecular flexibility index (Phi) is 2.71. The molecule has 88 valence electrons. The molecule has 0 aliphatic carbocycles. The Bertz CT molecular complexity index is 637. The van der Waals surface area contributed by atoms with E-state index >= 15 is 0 Å². The minimum Gasteiger partial charge on any atom is -0.475 e. The van der Waals surface area contributed by atoms with Crippen LogP contribution < -0.4 is 5.43 Å². The molecular formula is C13H12O4. The Morgan fingerprint density at radius 3 is 2.65 bits per heavy atom. The van der Waals surface area contributed by atoms with Gasteiger partial charge in [-0.1, -0.05) is 26.0 Å². The van der Waals surface area contributed by atoms with Gasteiger partial charge in [-0.2, -0.15) is 0 Å². The van der Waals surface area contributed by atoms with Crippen LogP contribution in [0, 0.1) is 0 Å². The number of para-hydroxylation sites is 1. The lowest BCUT2D eigenvalue weighted by Gasteiger charge is -2.08. The Morgan fingerprint density at radius 1 is 1.35 bits per heavy atom. The Hall–Kier alpha value is -2.10. The molecule has 4 nitrogen and oxygen atoms in total. The van der Waals surface area contributed by atoms with Crippen molar-refractivity contribution >= 4 is 16.9 Å². The molecule has 0 aliphatic heterocycles. The van der Waals surface area contributed by atoms with Crippen molar-refractivity contribution in [1.82, 2.24) is 0 Å². The van der Waals surface area contributed by atoms with Crippen molar-refractivity contribution in [2.75, 3.05) is 0 Å². The van der Waals surface area contributed by atoms with Crippen LogP contribution in [-0.4, -0.2) is 11.1 Å². The van der Waals surface area contributed by atoms with Crippen molar-refractivity contribution in [3.05, 3.63) is 45.8 Å². The highest BCUT2D eigenvalue weighted by atomic mass is 16.4. The number of carboxylic acid groups (broad SMARTS) is 1. The SMILES string of the molecule is CC(C)c1cccc2c(=O)cc(C(=O)O)oc12. The van der Waals surface area contributed by atoms with E-state index in [1.165, 1.54) is 0 Å². The highest BCUT2D eigenvalue weighted by Gasteiger charge is 2.14. The second-order valence-electron chi connectivity index (χ2n) is 4.16. The maximum Gasteiger partial charge on any atom is 0.371 e. The lowest BCUT2D eigenvalue weighted by Crippen LogP contribution is -2.07. The zero-order valence-electron chi connectivity index (χ0n) is 9.56. The van der Waals surface area contributed by atoms with Gasteiger partial charge in [0.2, 0.25) is 5.76 Å². The first-order valence-electron chi connectivity index (χ1n) is 5.30. The van der Waals surface area contributed by atoms with Gasteiger partial charge in [0.05, 0.1) is 5.39 Å². The molecule has 1 N–H and O–H groups in total. The van der Waals surface area contributed by atoms with Gasteiger partial charge in [-0.15, -0.1) is 0 Å². The summed E-state index contributed by atoms with van der Waals surface area (Å²) in [5, 5.41) is 9.28. The summed E-state index contributed by atoms with van der Waals surface area (Å²) in [4.78, 5) is 22.6. The van der Waals surface area contributed by atoms with Gasteiger partial charge in [0, 0.05) is 6.07 Å². The van der Waals surface area contributed by atoms with Crippen molar-refractivity contribution in [3.8, 4) is 0 Å². The quantitative estimate of drug-likeness (QED) is 0.864. The normalized spacial score (nSPS) is 11.0. The van der Waals surface area contributed by atoms with Gasteiger partial charge in [-0.3, -0.25) is 4.79 Å². The smallest absolute Gasteiger partial charge is 0.371 e. The van der Waals surface area contributed by atoms with Crippen LogP contribution >= 0.6 is 0 Å². The third-order valence-electron chi connectivity index (χ3n) is 2.62. The fourth-order valence-electron chi connectivity index (χ4n) is 1.76. The number of carbonyl (C=O) groups is 1. The van der Waals surface area contributed by atoms with Gasteiger partial charge in [0.15, 0.2) is 5.43 Å². The first-order chi connectivity index (χ1) is 8.00. The maximum absolute atomic E-state index is 11.8. The molecule has 1 heterocycles. The maximum atomic E-state index is 11.8. The van der Waals surface area contributed by atoms with Gasteiger partial charge in [-0.25, -0.2) is 4.79 Å². The summed E-state index contributed by atoms with van der Waals surface area (Å²) in [5.74, 6) is -1.40. The van der Waals surface area contributed by atoms with Gasteiger partial charge in [0.1, 0.15) is 5.58 Å². The average molecular weight is 232 g/mol. The number of fused-ring (bicyclic) bond motifs is 1. The van der Waals surface area contributed by atoms with Crippen LogP contribution in [0.25, 0.3) is 11.0 Å². The second kappa shape index (κ2) is 4.05. The first kappa shape index (κ1) is 11.4. The summed E-state index contributed by atoms with van der Waals surface area (Å²) >= 11 is 0. The molecule has 0 atom stereocenters. The van der Waals surface area contributed by atoms with E-state index in [1.807, 2.05) is 19.9 Å². The van der Waals surface area contributed by atoms with Crippen LogP contribution in [0.15, 0.2) is 33.5 Å². The van der Waals surface area contributed by atoms with Crippen LogP contribution in [0.4, 0.5) is 0 Å². The number of hydrogen-bond acceptors (Lipinski definition) is 3. The number of rotatable bonds is 2. The molecule has 1 aromatic carbocycles. The largest absolute Gasteiger partial charge is 0.475 e. The van der Waals surface area contributed by atoms with Gasteiger partial charge < -0.3 is 9.52 Å². The molecule has 4 heteroatoms. The Balaban J connectivity index is 2.88. The fraction of sp³-hybridized carbons (Fsp3) is 0.231. The van der Waals surface area contributed by atoms with Crippen LogP contribution in [-0.2, 0) is 0 Å². The molecular weight excluding hydrogens is 220 g/mol. The van der Waals surface area contributed by atoms with Gasteiger partial charge >= 0.3 is 5.97 Å². The molecule has 0 amide bonds. The summed E-state index contributed by atoms with van der Waals surface area (Å²) < 4.78 is 5.30. The number of carboxylic acids is 1. The monoisotopic (exact) mass is 232 g/mol. The third-order valence-corrected chi connectivity index (χ3v) is 2.62. The summed E-state index contributed by atoms with van der Waals surface area (Å²) in [6.45, 7) is 3.92. The third kappa shape index (κ3) is 1.93. The molecule has 0 aliphatic rings. The van der Waals surface area contributed by atoms with E-state index in [4.69, 9.17) is 9.52 Å². The fourth-order valence-corrected chi connectivity index (χ4v) is 1.76. The predicted molar refractivity (Wildman–Crippen MR) is 63.5 cm³/mol. The molecule has 2 aromatic rings. The zero-order valence-corrected chi connectivity index (χ0v) is 9.56. The van der Waals surface area contributed by atoms with Crippen LogP contribution in [0.3, 0.4) is 0 Å². The Morgan fingerprint density at radius 2 is 2.06 bits per heavy atom. The van der Waals surface area contributed by atoms with E-state index in [9.17, 15) is 9.59 Å². The standard InChI is InChI=1S/C13H12O4/c1-7(2)8-4-3-5-9-10(14)6-11(13(15)16)17-12(8)9/h3-7H,1-2H3,(H,15,16). The molecule has 0 saturated heterocycles. The number of benzene rings is 1. The molecule has 0 radical (unpaired) electrons. The minimum absolute atomic E-state index is 0.158. The van der Waals surface area contributed by atoms with E-state index in [1.54, 1.807) is 12.1 Å². The highest BCUT2D eigenvalue weighted by molar-refractivity contribution is 5.88. The van der Waals surface area contributed by atoms with Crippen molar-refractivity contribution in [1.29, 1.82) is 0 Å². The lowest BCUT2D eigenvalue weighted by molar-refractivity contribution is 0.0663. The number of hydrogen-bond donors (Lipinski definition) is 1. The van der Waals surface area contributed by atoms with Crippen molar-refractivity contribution in [3.63, 3.8) is 0 Å². The molecule has 0 spiro atoms. The summed E-state index contributed by atoms with van der Waals surface area (Å²) in [5.41, 5.74) is 0.876.